The van der Waals surface area contributed by atoms with E-state index >= 15 is 0 Å². The van der Waals surface area contributed by atoms with Crippen molar-refractivity contribution in [3.63, 3.8) is 0 Å². The number of fused-ring (bicyclic) bond motifs is 1. The third-order valence-corrected chi connectivity index (χ3v) is 4.08. The van der Waals surface area contributed by atoms with E-state index in [1.54, 1.807) is 0 Å². The summed E-state index contributed by atoms with van der Waals surface area (Å²) in [6.07, 6.45) is -3.05. The molecule has 1 fully saturated rings. The van der Waals surface area contributed by atoms with Crippen LogP contribution < -0.4 is 10.1 Å². The maximum absolute atomic E-state index is 12.9. The van der Waals surface area contributed by atoms with E-state index in [0.29, 0.717) is 0 Å². The van der Waals surface area contributed by atoms with Crippen molar-refractivity contribution in [2.75, 3.05) is 0 Å². The van der Waals surface area contributed by atoms with Gasteiger partial charge in [0, 0.05) is 18.5 Å². The number of alkyl halides is 3. The van der Waals surface area contributed by atoms with Gasteiger partial charge in [-0.15, -0.1) is 0 Å². The Hall–Kier alpha value is -1.23. The van der Waals surface area contributed by atoms with Crippen molar-refractivity contribution in [3.8, 4) is 5.75 Å². The second kappa shape index (κ2) is 4.13. The standard InChI is InChI=1S/C15H18F3NO/c1-13(2)8-10-4-3-5-11(12(10)20-13)9-19-14(6-7-14)15(16,17)18/h3-5,19H,6-9H2,1-2H3. The number of nitrogens with one attached hydrogen (secondary N) is 1. The van der Waals surface area contributed by atoms with E-state index in [1.807, 2.05) is 32.0 Å². The van der Waals surface area contributed by atoms with Crippen molar-refractivity contribution in [2.45, 2.75) is 57.0 Å². The average molecular weight is 285 g/mol. The zero-order valence-corrected chi connectivity index (χ0v) is 11.6. The molecule has 3 rings (SSSR count). The lowest BCUT2D eigenvalue weighted by Gasteiger charge is -2.22. The van der Waals surface area contributed by atoms with Crippen LogP contribution in [-0.2, 0) is 13.0 Å². The van der Waals surface area contributed by atoms with Crippen LogP contribution in [0.1, 0.15) is 37.8 Å². The van der Waals surface area contributed by atoms with Crippen LogP contribution in [0.15, 0.2) is 18.2 Å². The van der Waals surface area contributed by atoms with Gasteiger partial charge in [0.1, 0.15) is 16.9 Å². The van der Waals surface area contributed by atoms with Gasteiger partial charge >= 0.3 is 6.18 Å². The first kappa shape index (κ1) is 13.7. The maximum atomic E-state index is 12.9. The molecule has 1 N–H and O–H groups in total. The smallest absolute Gasteiger partial charge is 0.406 e. The molecule has 0 spiro atoms. The maximum Gasteiger partial charge on any atom is 0.406 e. The molecule has 5 heteroatoms. The fraction of sp³-hybridized carbons (Fsp3) is 0.600. The Morgan fingerprint density at radius 3 is 2.55 bits per heavy atom. The lowest BCUT2D eigenvalue weighted by atomic mass is 10.0. The van der Waals surface area contributed by atoms with E-state index in [4.69, 9.17) is 4.74 Å². The summed E-state index contributed by atoms with van der Waals surface area (Å²) in [7, 11) is 0. The highest BCUT2D eigenvalue weighted by Gasteiger charge is 2.63. The van der Waals surface area contributed by atoms with E-state index in [-0.39, 0.29) is 25.0 Å². The highest BCUT2D eigenvalue weighted by atomic mass is 19.4. The molecule has 2 nitrogen and oxygen atoms in total. The van der Waals surface area contributed by atoms with Crippen LogP contribution in [0.25, 0.3) is 0 Å². The molecule has 1 saturated carbocycles. The summed E-state index contributed by atoms with van der Waals surface area (Å²) < 4.78 is 44.6. The molecular weight excluding hydrogens is 267 g/mol. The molecule has 0 aromatic heterocycles. The van der Waals surface area contributed by atoms with Crippen LogP contribution in [0, 0.1) is 0 Å². The molecular formula is C15H18F3NO. The fourth-order valence-corrected chi connectivity index (χ4v) is 2.77. The summed E-state index contributed by atoms with van der Waals surface area (Å²) in [5, 5.41) is 2.68. The van der Waals surface area contributed by atoms with E-state index in [2.05, 4.69) is 5.32 Å². The third kappa shape index (κ3) is 2.28. The van der Waals surface area contributed by atoms with Crippen LogP contribution in [0.4, 0.5) is 13.2 Å². The molecule has 0 amide bonds. The predicted molar refractivity (Wildman–Crippen MR) is 69.7 cm³/mol. The number of rotatable bonds is 3. The summed E-state index contributed by atoms with van der Waals surface area (Å²) in [6.45, 7) is 4.17. The second-order valence-electron chi connectivity index (χ2n) is 6.38. The molecule has 0 bridgehead atoms. The first-order valence-electron chi connectivity index (χ1n) is 6.84. The number of hydrogen-bond acceptors (Lipinski definition) is 2. The summed E-state index contributed by atoms with van der Waals surface area (Å²) in [5.74, 6) is 0.753. The van der Waals surface area contributed by atoms with Gasteiger partial charge in [0.25, 0.3) is 0 Å². The molecule has 1 aromatic rings. The van der Waals surface area contributed by atoms with Crippen LogP contribution >= 0.6 is 0 Å². The molecule has 1 aliphatic heterocycles. The monoisotopic (exact) mass is 285 g/mol. The van der Waals surface area contributed by atoms with Gasteiger partial charge in [-0.25, -0.2) is 0 Å². The van der Waals surface area contributed by atoms with Crippen LogP contribution in [0.3, 0.4) is 0 Å². The first-order valence-corrected chi connectivity index (χ1v) is 6.84. The number of hydrogen-bond donors (Lipinski definition) is 1. The molecule has 0 radical (unpaired) electrons. The highest BCUT2D eigenvalue weighted by molar-refractivity contribution is 5.45. The molecule has 0 atom stereocenters. The normalized spacial score (nSPS) is 22.2. The molecule has 0 unspecified atom stereocenters. The van der Waals surface area contributed by atoms with Crippen molar-refractivity contribution in [1.29, 1.82) is 0 Å². The van der Waals surface area contributed by atoms with Crippen LogP contribution in [0.5, 0.6) is 5.75 Å². The van der Waals surface area contributed by atoms with Gasteiger partial charge in [-0.1, -0.05) is 18.2 Å². The molecule has 20 heavy (non-hydrogen) atoms. The Morgan fingerprint density at radius 2 is 1.95 bits per heavy atom. The van der Waals surface area contributed by atoms with Crippen molar-refractivity contribution < 1.29 is 17.9 Å². The van der Waals surface area contributed by atoms with E-state index < -0.39 is 11.7 Å². The van der Waals surface area contributed by atoms with Gasteiger partial charge in [-0.3, -0.25) is 5.32 Å². The Balaban J connectivity index is 1.76. The molecule has 110 valence electrons. The molecule has 2 aliphatic rings. The lowest BCUT2D eigenvalue weighted by Crippen LogP contribution is -2.44. The molecule has 1 aliphatic carbocycles. The van der Waals surface area contributed by atoms with Crippen molar-refractivity contribution in [1.82, 2.24) is 5.32 Å². The Kier molecular flexibility index (Phi) is 2.84. The van der Waals surface area contributed by atoms with Gasteiger partial charge in [0.2, 0.25) is 0 Å². The third-order valence-electron chi connectivity index (χ3n) is 4.08. The SMILES string of the molecule is CC1(C)Cc2cccc(CNC3(C(F)(F)F)CC3)c2O1. The molecule has 0 saturated heterocycles. The van der Waals surface area contributed by atoms with E-state index in [1.165, 1.54) is 0 Å². The van der Waals surface area contributed by atoms with E-state index in [0.717, 1.165) is 23.3 Å². The second-order valence-corrected chi connectivity index (χ2v) is 6.38. The fourth-order valence-electron chi connectivity index (χ4n) is 2.77. The minimum absolute atomic E-state index is 0.165. The topological polar surface area (TPSA) is 21.3 Å². The average Bonchev–Trinajstić information content (AvgIpc) is 3.03. The van der Waals surface area contributed by atoms with Crippen molar-refractivity contribution in [3.05, 3.63) is 29.3 Å². The zero-order chi connectivity index (χ0) is 14.6. The summed E-state index contributed by atoms with van der Waals surface area (Å²) in [5.41, 5.74) is -0.0708. The van der Waals surface area contributed by atoms with Gasteiger partial charge < -0.3 is 4.74 Å². The number of halogens is 3. The highest BCUT2D eigenvalue weighted by Crippen LogP contribution is 2.49. The van der Waals surface area contributed by atoms with Gasteiger partial charge in [0.15, 0.2) is 0 Å². The number of benzene rings is 1. The minimum Gasteiger partial charge on any atom is -0.487 e. The zero-order valence-electron chi connectivity index (χ0n) is 11.6. The lowest BCUT2D eigenvalue weighted by molar-refractivity contribution is -0.166. The van der Waals surface area contributed by atoms with Gasteiger partial charge in [-0.2, -0.15) is 13.2 Å². The molecule has 1 heterocycles. The number of ether oxygens (including phenoxy) is 1. The van der Waals surface area contributed by atoms with Crippen molar-refractivity contribution in [2.24, 2.45) is 0 Å². The Bertz CT molecular complexity index is 532. The predicted octanol–water partition coefficient (Wildman–Crippen LogP) is 3.58. The van der Waals surface area contributed by atoms with Gasteiger partial charge in [-0.05, 0) is 32.3 Å². The minimum atomic E-state index is -4.18. The summed E-state index contributed by atoms with van der Waals surface area (Å²) >= 11 is 0. The largest absolute Gasteiger partial charge is 0.487 e. The summed E-state index contributed by atoms with van der Waals surface area (Å²) in [4.78, 5) is 0. The van der Waals surface area contributed by atoms with E-state index in [9.17, 15) is 13.2 Å². The first-order chi connectivity index (χ1) is 9.23. The summed E-state index contributed by atoms with van der Waals surface area (Å²) in [6, 6.07) is 5.69. The molecule has 1 aromatic carbocycles. The number of para-hydroxylation sites is 1. The quantitative estimate of drug-likeness (QED) is 0.916. The van der Waals surface area contributed by atoms with Crippen LogP contribution in [-0.4, -0.2) is 17.3 Å². The van der Waals surface area contributed by atoms with Crippen LogP contribution in [0.2, 0.25) is 0 Å². The van der Waals surface area contributed by atoms with Crippen molar-refractivity contribution >= 4 is 0 Å². The Labute approximate surface area is 116 Å². The Morgan fingerprint density at radius 1 is 1.25 bits per heavy atom. The van der Waals surface area contributed by atoms with Gasteiger partial charge in [0.05, 0.1) is 0 Å².